The van der Waals surface area contributed by atoms with Gasteiger partial charge in [-0.25, -0.2) is 4.98 Å². The number of nitrogens with zero attached hydrogens (tertiary/aromatic N) is 1. The Hall–Kier alpha value is -1.91. The van der Waals surface area contributed by atoms with Crippen LogP contribution in [0.15, 0.2) is 42.5 Å². The lowest BCUT2D eigenvalue weighted by molar-refractivity contribution is 0.0946. The highest BCUT2D eigenvalue weighted by molar-refractivity contribution is 6.29. The van der Waals surface area contributed by atoms with E-state index in [0.717, 1.165) is 11.1 Å². The molecule has 1 N–H and O–H groups in total. The summed E-state index contributed by atoms with van der Waals surface area (Å²) in [4.78, 5) is 15.9. The molecule has 0 aliphatic heterocycles. The first-order valence-electron chi connectivity index (χ1n) is 6.16. The summed E-state index contributed by atoms with van der Waals surface area (Å²) < 4.78 is 5.08. The topological polar surface area (TPSA) is 51.2 Å². The maximum absolute atomic E-state index is 11.9. The number of hydrogen-bond acceptors (Lipinski definition) is 3. The lowest BCUT2D eigenvalue weighted by Gasteiger charge is -2.07. The molecule has 0 radical (unpaired) electrons. The van der Waals surface area contributed by atoms with E-state index in [1.807, 2.05) is 24.3 Å². The first-order chi connectivity index (χ1) is 9.69. The van der Waals surface area contributed by atoms with Gasteiger partial charge in [0.1, 0.15) is 10.8 Å². The number of pyridine rings is 1. The smallest absolute Gasteiger partial charge is 0.270 e. The van der Waals surface area contributed by atoms with Crippen molar-refractivity contribution in [1.29, 1.82) is 0 Å². The van der Waals surface area contributed by atoms with Crippen LogP contribution in [0, 0.1) is 0 Å². The largest absolute Gasteiger partial charge is 0.380 e. The lowest BCUT2D eigenvalue weighted by Crippen LogP contribution is -2.23. The fourth-order valence-corrected chi connectivity index (χ4v) is 1.97. The molecule has 0 saturated heterocycles. The van der Waals surface area contributed by atoms with Gasteiger partial charge in [-0.15, -0.1) is 0 Å². The molecule has 104 valence electrons. The van der Waals surface area contributed by atoms with Crippen LogP contribution < -0.4 is 5.32 Å². The molecule has 0 atom stereocenters. The minimum absolute atomic E-state index is 0.246. The molecule has 0 unspecified atom stereocenters. The molecule has 1 heterocycles. The third-order valence-electron chi connectivity index (χ3n) is 2.70. The molecule has 2 rings (SSSR count). The third kappa shape index (κ3) is 4.05. The van der Waals surface area contributed by atoms with E-state index >= 15 is 0 Å². The number of benzene rings is 1. The van der Waals surface area contributed by atoms with Crippen LogP contribution in [0.2, 0.25) is 5.15 Å². The average molecular weight is 291 g/mol. The van der Waals surface area contributed by atoms with E-state index in [-0.39, 0.29) is 5.91 Å². The lowest BCUT2D eigenvalue weighted by atomic mass is 10.1. The molecule has 0 saturated carbocycles. The molecule has 0 aliphatic carbocycles. The van der Waals surface area contributed by atoms with Crippen molar-refractivity contribution < 1.29 is 9.53 Å². The molecule has 5 heteroatoms. The van der Waals surface area contributed by atoms with E-state index < -0.39 is 0 Å². The summed E-state index contributed by atoms with van der Waals surface area (Å²) >= 11 is 5.76. The number of carbonyl (C=O) groups is 1. The minimum atomic E-state index is -0.246. The van der Waals surface area contributed by atoms with Crippen molar-refractivity contribution in [2.24, 2.45) is 0 Å². The fraction of sp³-hybridized carbons (Fsp3) is 0.200. The monoisotopic (exact) mass is 290 g/mol. The molecule has 0 spiro atoms. The number of aromatic nitrogens is 1. The highest BCUT2D eigenvalue weighted by atomic mass is 35.5. The Morgan fingerprint density at radius 2 is 2.00 bits per heavy atom. The average Bonchev–Trinajstić information content (AvgIpc) is 2.45. The second-order valence-electron chi connectivity index (χ2n) is 4.28. The first-order valence-corrected chi connectivity index (χ1v) is 6.54. The summed E-state index contributed by atoms with van der Waals surface area (Å²) in [5.41, 5.74) is 2.39. The van der Waals surface area contributed by atoms with Crippen molar-refractivity contribution >= 4 is 17.5 Å². The van der Waals surface area contributed by atoms with Crippen molar-refractivity contribution in [3.05, 3.63) is 64.4 Å². The van der Waals surface area contributed by atoms with E-state index in [0.29, 0.717) is 24.0 Å². The van der Waals surface area contributed by atoms with E-state index in [2.05, 4.69) is 10.3 Å². The summed E-state index contributed by atoms with van der Waals surface area (Å²) in [7, 11) is 1.65. The number of amides is 1. The van der Waals surface area contributed by atoms with Crippen molar-refractivity contribution in [2.45, 2.75) is 13.2 Å². The van der Waals surface area contributed by atoms with Gasteiger partial charge in [-0.05, 0) is 23.3 Å². The van der Waals surface area contributed by atoms with Crippen molar-refractivity contribution in [3.8, 4) is 0 Å². The summed E-state index contributed by atoms with van der Waals surface area (Å²) in [6.45, 7) is 0.988. The second-order valence-corrected chi connectivity index (χ2v) is 4.67. The van der Waals surface area contributed by atoms with E-state index in [9.17, 15) is 4.79 Å². The summed E-state index contributed by atoms with van der Waals surface area (Å²) in [6, 6.07) is 12.8. The van der Waals surface area contributed by atoms with Crippen molar-refractivity contribution in [1.82, 2.24) is 10.3 Å². The zero-order valence-corrected chi connectivity index (χ0v) is 11.9. The minimum Gasteiger partial charge on any atom is -0.380 e. The molecule has 1 aromatic heterocycles. The number of rotatable bonds is 5. The Morgan fingerprint density at radius 3 is 2.75 bits per heavy atom. The molecule has 0 aliphatic rings. The predicted molar refractivity (Wildman–Crippen MR) is 77.6 cm³/mol. The molecule has 1 aromatic carbocycles. The fourth-order valence-electron chi connectivity index (χ4n) is 1.80. The molecule has 0 fully saturated rings. The van der Waals surface area contributed by atoms with Gasteiger partial charge in [0.25, 0.3) is 5.91 Å². The van der Waals surface area contributed by atoms with Gasteiger partial charge in [0.15, 0.2) is 0 Å². The summed E-state index contributed by atoms with van der Waals surface area (Å²) in [6.07, 6.45) is 0. The SMILES string of the molecule is COCc1cccc(CNC(=O)c2cccc(Cl)n2)c1. The number of hydrogen-bond donors (Lipinski definition) is 1. The molecule has 2 aromatic rings. The quantitative estimate of drug-likeness (QED) is 0.862. The van der Waals surface area contributed by atoms with Crippen LogP contribution in [0.3, 0.4) is 0 Å². The van der Waals surface area contributed by atoms with E-state index in [1.54, 1.807) is 25.3 Å². The molecule has 0 bridgehead atoms. The van der Waals surface area contributed by atoms with E-state index in [1.165, 1.54) is 0 Å². The van der Waals surface area contributed by atoms with Gasteiger partial charge in [-0.3, -0.25) is 4.79 Å². The van der Waals surface area contributed by atoms with Gasteiger partial charge < -0.3 is 10.1 Å². The van der Waals surface area contributed by atoms with Crippen LogP contribution in [0.25, 0.3) is 0 Å². The zero-order chi connectivity index (χ0) is 14.4. The number of nitrogens with one attached hydrogen (secondary N) is 1. The Labute approximate surface area is 122 Å². The highest BCUT2D eigenvalue weighted by Crippen LogP contribution is 2.08. The van der Waals surface area contributed by atoms with Crippen LogP contribution in [-0.4, -0.2) is 18.0 Å². The van der Waals surface area contributed by atoms with Crippen molar-refractivity contribution in [3.63, 3.8) is 0 Å². The van der Waals surface area contributed by atoms with Gasteiger partial charge in [0.05, 0.1) is 6.61 Å². The van der Waals surface area contributed by atoms with Crippen LogP contribution >= 0.6 is 11.6 Å². The van der Waals surface area contributed by atoms with Crippen molar-refractivity contribution in [2.75, 3.05) is 7.11 Å². The van der Waals surface area contributed by atoms with Gasteiger partial charge in [0.2, 0.25) is 0 Å². The zero-order valence-electron chi connectivity index (χ0n) is 11.1. The Morgan fingerprint density at radius 1 is 1.25 bits per heavy atom. The van der Waals surface area contributed by atoms with Crippen LogP contribution in [0.4, 0.5) is 0 Å². The van der Waals surface area contributed by atoms with Crippen LogP contribution in [0.1, 0.15) is 21.6 Å². The van der Waals surface area contributed by atoms with Gasteiger partial charge in [-0.2, -0.15) is 0 Å². The number of ether oxygens (including phenoxy) is 1. The number of carbonyl (C=O) groups excluding carboxylic acids is 1. The van der Waals surface area contributed by atoms with Gasteiger partial charge in [-0.1, -0.05) is 41.9 Å². The maximum atomic E-state index is 11.9. The maximum Gasteiger partial charge on any atom is 0.270 e. The predicted octanol–water partition coefficient (Wildman–Crippen LogP) is 2.81. The van der Waals surface area contributed by atoms with Crippen LogP contribution in [-0.2, 0) is 17.9 Å². The summed E-state index contributed by atoms with van der Waals surface area (Å²) in [5, 5.41) is 3.12. The highest BCUT2D eigenvalue weighted by Gasteiger charge is 2.07. The molecule has 20 heavy (non-hydrogen) atoms. The number of halogens is 1. The number of methoxy groups -OCH3 is 1. The third-order valence-corrected chi connectivity index (χ3v) is 2.91. The Balaban J connectivity index is 1.98. The molecule has 1 amide bonds. The normalized spacial score (nSPS) is 10.3. The Kier molecular flexibility index (Phi) is 5.09. The molecular weight excluding hydrogens is 276 g/mol. The van der Waals surface area contributed by atoms with Gasteiger partial charge >= 0.3 is 0 Å². The first kappa shape index (κ1) is 14.5. The summed E-state index contributed by atoms with van der Waals surface area (Å²) in [5.74, 6) is -0.246. The standard InChI is InChI=1S/C15H15ClN2O2/c1-20-10-12-5-2-4-11(8-12)9-17-15(19)13-6-3-7-14(16)18-13/h2-8H,9-10H2,1H3,(H,17,19). The van der Waals surface area contributed by atoms with E-state index in [4.69, 9.17) is 16.3 Å². The molecular formula is C15H15ClN2O2. The van der Waals surface area contributed by atoms with Crippen LogP contribution in [0.5, 0.6) is 0 Å². The molecule has 4 nitrogen and oxygen atoms in total. The van der Waals surface area contributed by atoms with Gasteiger partial charge in [0, 0.05) is 13.7 Å². The Bertz CT molecular complexity index is 602. The second kappa shape index (κ2) is 7.03.